The molecule has 1 aromatic carbocycles. The highest BCUT2D eigenvalue weighted by molar-refractivity contribution is 9.10. The van der Waals surface area contributed by atoms with Crippen LogP contribution in [0.1, 0.15) is 5.56 Å². The molecular formula is C13H10BrF3N2O3S. The van der Waals surface area contributed by atoms with Crippen LogP contribution in [-0.4, -0.2) is 20.5 Å². The molecule has 2 aromatic rings. The third-order valence-corrected chi connectivity index (χ3v) is 4.59. The number of hydrogen-bond acceptors (Lipinski definition) is 4. The zero-order chi connectivity index (χ0) is 17.3. The summed E-state index contributed by atoms with van der Waals surface area (Å²) in [7, 11) is -3.23. The average Bonchev–Trinajstić information content (AvgIpc) is 2.46. The Morgan fingerprint density at radius 3 is 2.52 bits per heavy atom. The molecule has 0 fully saturated rings. The maximum Gasteiger partial charge on any atom is 0.417 e. The first-order valence-corrected chi connectivity index (χ1v) is 8.31. The fraction of sp³-hybridized carbons (Fsp3) is 0.154. The first-order chi connectivity index (χ1) is 10.6. The summed E-state index contributed by atoms with van der Waals surface area (Å²) < 4.78 is 71.0. The minimum atomic E-state index is -4.80. The highest BCUT2D eigenvalue weighted by atomic mass is 79.9. The lowest BCUT2D eigenvalue weighted by Crippen LogP contribution is -2.19. The van der Waals surface area contributed by atoms with Gasteiger partial charge in [0, 0.05) is 10.7 Å². The first-order valence-electron chi connectivity index (χ1n) is 6.04. The van der Waals surface area contributed by atoms with E-state index in [1.165, 1.54) is 25.4 Å². The highest BCUT2D eigenvalue weighted by Gasteiger charge is 2.37. The van der Waals surface area contributed by atoms with Crippen molar-refractivity contribution in [2.45, 2.75) is 11.1 Å². The molecule has 1 heterocycles. The first kappa shape index (κ1) is 17.5. The van der Waals surface area contributed by atoms with Crippen molar-refractivity contribution >= 4 is 31.6 Å². The lowest BCUT2D eigenvalue weighted by atomic mass is 10.2. The molecule has 124 valence electrons. The fourth-order valence-electron chi connectivity index (χ4n) is 1.80. The Morgan fingerprint density at radius 2 is 1.91 bits per heavy atom. The molecule has 0 aliphatic heterocycles. The maximum absolute atomic E-state index is 13.0. The Kier molecular flexibility index (Phi) is 4.85. The summed E-state index contributed by atoms with van der Waals surface area (Å²) in [5.74, 6) is -0.0683. The third kappa shape index (κ3) is 3.94. The molecule has 0 spiro atoms. The Morgan fingerprint density at radius 1 is 1.26 bits per heavy atom. The number of anilines is 1. The van der Waals surface area contributed by atoms with Crippen LogP contribution in [0.25, 0.3) is 0 Å². The van der Waals surface area contributed by atoms with Gasteiger partial charge in [-0.2, -0.15) is 13.2 Å². The normalized spacial score (nSPS) is 12.0. The van der Waals surface area contributed by atoms with Gasteiger partial charge in [0.25, 0.3) is 10.0 Å². The molecule has 0 aliphatic rings. The van der Waals surface area contributed by atoms with E-state index < -0.39 is 26.7 Å². The predicted molar refractivity (Wildman–Crippen MR) is 80.7 cm³/mol. The number of halogens is 4. The van der Waals surface area contributed by atoms with Crippen LogP contribution in [0.2, 0.25) is 0 Å². The largest absolute Gasteiger partial charge is 0.479 e. The number of alkyl halides is 3. The molecule has 23 heavy (non-hydrogen) atoms. The summed E-state index contributed by atoms with van der Waals surface area (Å²) in [6, 6.07) is 5.23. The zero-order valence-corrected chi connectivity index (χ0v) is 14.0. The minimum Gasteiger partial charge on any atom is -0.479 e. The third-order valence-electron chi connectivity index (χ3n) is 2.74. The van der Waals surface area contributed by atoms with Gasteiger partial charge >= 0.3 is 6.18 Å². The Balaban J connectivity index is 2.51. The molecule has 10 heteroatoms. The van der Waals surface area contributed by atoms with Crippen molar-refractivity contribution in [1.29, 1.82) is 0 Å². The topological polar surface area (TPSA) is 68.3 Å². The number of benzene rings is 1. The molecule has 0 atom stereocenters. The van der Waals surface area contributed by atoms with E-state index in [0.717, 1.165) is 12.1 Å². The van der Waals surface area contributed by atoms with Crippen molar-refractivity contribution in [2.24, 2.45) is 0 Å². The van der Waals surface area contributed by atoms with Crippen molar-refractivity contribution in [3.05, 3.63) is 46.6 Å². The minimum absolute atomic E-state index is 0.0683. The van der Waals surface area contributed by atoms with Gasteiger partial charge < -0.3 is 4.74 Å². The smallest absolute Gasteiger partial charge is 0.417 e. The van der Waals surface area contributed by atoms with Crippen molar-refractivity contribution in [3.8, 4) is 5.88 Å². The molecule has 0 aliphatic carbocycles. The maximum atomic E-state index is 13.0. The van der Waals surface area contributed by atoms with Gasteiger partial charge in [-0.15, -0.1) is 0 Å². The van der Waals surface area contributed by atoms with Crippen molar-refractivity contribution in [1.82, 2.24) is 4.98 Å². The number of ether oxygens (including phenoxy) is 1. The van der Waals surface area contributed by atoms with Gasteiger partial charge in [-0.05, 0) is 34.1 Å². The van der Waals surface area contributed by atoms with Gasteiger partial charge in [-0.3, -0.25) is 4.72 Å². The van der Waals surface area contributed by atoms with E-state index in [2.05, 4.69) is 25.6 Å². The second-order valence-corrected chi connectivity index (χ2v) is 6.88. The number of rotatable bonds is 4. The Hall–Kier alpha value is -1.81. The molecule has 0 unspecified atom stereocenters. The van der Waals surface area contributed by atoms with E-state index in [0.29, 0.717) is 10.5 Å². The van der Waals surface area contributed by atoms with E-state index in [1.54, 1.807) is 0 Å². The molecule has 1 N–H and O–H groups in total. The van der Waals surface area contributed by atoms with Crippen LogP contribution >= 0.6 is 15.9 Å². The van der Waals surface area contributed by atoms with E-state index in [9.17, 15) is 21.6 Å². The summed E-state index contributed by atoms with van der Waals surface area (Å²) >= 11 is 3.10. The quantitative estimate of drug-likeness (QED) is 0.834. The molecule has 5 nitrogen and oxygen atoms in total. The number of nitrogens with zero attached hydrogens (tertiary/aromatic N) is 1. The second-order valence-electron chi connectivity index (χ2n) is 4.31. The number of aromatic nitrogens is 1. The van der Waals surface area contributed by atoms with E-state index in [-0.39, 0.29) is 11.6 Å². The van der Waals surface area contributed by atoms with Crippen LogP contribution in [0.4, 0.5) is 18.9 Å². The number of nitrogens with one attached hydrogen (secondary N) is 1. The van der Waals surface area contributed by atoms with Gasteiger partial charge in [-0.1, -0.05) is 12.1 Å². The van der Waals surface area contributed by atoms with Crippen LogP contribution in [0, 0.1) is 0 Å². The number of sulfonamides is 1. The summed E-state index contributed by atoms with van der Waals surface area (Å²) in [5, 5.41) is 0. The number of pyridine rings is 1. The van der Waals surface area contributed by atoms with Crippen molar-refractivity contribution < 1.29 is 26.3 Å². The van der Waals surface area contributed by atoms with Gasteiger partial charge in [0.2, 0.25) is 5.88 Å². The Labute approximate surface area is 138 Å². The van der Waals surface area contributed by atoms with Crippen LogP contribution in [-0.2, 0) is 16.2 Å². The van der Waals surface area contributed by atoms with E-state index in [1.807, 2.05) is 0 Å². The van der Waals surface area contributed by atoms with E-state index >= 15 is 0 Å². The fourth-order valence-corrected chi connectivity index (χ4v) is 3.41. The Bertz CT molecular complexity index is 825. The van der Waals surface area contributed by atoms with E-state index in [4.69, 9.17) is 4.74 Å². The monoisotopic (exact) mass is 410 g/mol. The summed E-state index contributed by atoms with van der Waals surface area (Å²) in [5.41, 5.74) is -1.34. The summed E-state index contributed by atoms with van der Waals surface area (Å²) in [6.07, 6.45) is -3.44. The lowest BCUT2D eigenvalue weighted by Gasteiger charge is -2.15. The van der Waals surface area contributed by atoms with Gasteiger partial charge in [0.15, 0.2) is 0 Å². The van der Waals surface area contributed by atoms with Crippen LogP contribution in [0.15, 0.2) is 45.9 Å². The van der Waals surface area contributed by atoms with Gasteiger partial charge in [0.05, 0.1) is 17.6 Å². The zero-order valence-electron chi connectivity index (χ0n) is 11.6. The van der Waals surface area contributed by atoms with Crippen LogP contribution in [0.3, 0.4) is 0 Å². The molecule has 2 rings (SSSR count). The van der Waals surface area contributed by atoms with Crippen LogP contribution in [0.5, 0.6) is 5.88 Å². The molecule has 0 amide bonds. The van der Waals surface area contributed by atoms with Crippen LogP contribution < -0.4 is 9.46 Å². The molecule has 0 saturated heterocycles. The summed E-state index contributed by atoms with van der Waals surface area (Å²) in [6.45, 7) is 0. The standard InChI is InChI=1S/C13H10BrF3N2O3S/c1-22-12-10(6-8(14)7-18-12)19-23(20,21)11-5-3-2-4-9(11)13(15,16)17/h2-7,19H,1H3. The van der Waals surface area contributed by atoms with Gasteiger partial charge in [-0.25, -0.2) is 13.4 Å². The summed E-state index contributed by atoms with van der Waals surface area (Å²) in [4.78, 5) is 2.95. The highest BCUT2D eigenvalue weighted by Crippen LogP contribution is 2.35. The predicted octanol–water partition coefficient (Wildman–Crippen LogP) is 3.67. The molecule has 1 aromatic heterocycles. The lowest BCUT2D eigenvalue weighted by molar-refractivity contribution is -0.139. The SMILES string of the molecule is COc1ncc(Br)cc1NS(=O)(=O)c1ccccc1C(F)(F)F. The molecular weight excluding hydrogens is 401 g/mol. The number of methoxy groups -OCH3 is 1. The second kappa shape index (κ2) is 6.36. The van der Waals surface area contributed by atoms with Crippen molar-refractivity contribution in [3.63, 3.8) is 0 Å². The van der Waals surface area contributed by atoms with Crippen molar-refractivity contribution in [2.75, 3.05) is 11.8 Å². The molecule has 0 radical (unpaired) electrons. The number of hydrogen-bond donors (Lipinski definition) is 1. The van der Waals surface area contributed by atoms with Gasteiger partial charge in [0.1, 0.15) is 5.69 Å². The molecule has 0 bridgehead atoms. The molecule has 0 saturated carbocycles. The average molecular weight is 411 g/mol.